The third-order valence-corrected chi connectivity index (χ3v) is 4.80. The summed E-state index contributed by atoms with van der Waals surface area (Å²) in [4.78, 5) is 12.4. The van der Waals surface area contributed by atoms with Gasteiger partial charge in [0, 0.05) is 29.8 Å². The molecular weight excluding hydrogens is 320 g/mol. The lowest BCUT2D eigenvalue weighted by Crippen LogP contribution is -2.43. The number of aromatic nitrogens is 2. The maximum Gasteiger partial charge on any atom is 0.319 e. The molecule has 2 amide bonds. The molecular formula is C18H24N4O3. The monoisotopic (exact) mass is 344 g/mol. The average molecular weight is 344 g/mol. The first kappa shape index (κ1) is 17.4. The lowest BCUT2D eigenvalue weighted by Gasteiger charge is -2.24. The molecule has 1 aliphatic carbocycles. The molecule has 1 aliphatic rings. The fourth-order valence-corrected chi connectivity index (χ4v) is 3.31. The molecule has 3 N–H and O–H groups in total. The van der Waals surface area contributed by atoms with Gasteiger partial charge in [-0.25, -0.2) is 4.79 Å². The summed E-state index contributed by atoms with van der Waals surface area (Å²) >= 11 is 0. The molecule has 3 rings (SSSR count). The van der Waals surface area contributed by atoms with Gasteiger partial charge in [-0.1, -0.05) is 25.3 Å². The summed E-state index contributed by atoms with van der Waals surface area (Å²) in [5.41, 5.74) is 2.39. The largest absolute Gasteiger partial charge is 0.423 e. The number of anilines is 1. The predicted molar refractivity (Wildman–Crippen MR) is 94.1 cm³/mol. The summed E-state index contributed by atoms with van der Waals surface area (Å²) in [5, 5.41) is 23.1. The van der Waals surface area contributed by atoms with Crippen molar-refractivity contribution in [2.75, 3.05) is 11.9 Å². The minimum absolute atomic E-state index is 0.00642. The van der Waals surface area contributed by atoms with Crippen molar-refractivity contribution in [1.82, 2.24) is 15.5 Å². The summed E-state index contributed by atoms with van der Waals surface area (Å²) in [5.74, 6) is 0.534. The molecule has 1 fully saturated rings. The summed E-state index contributed by atoms with van der Waals surface area (Å²) in [6.07, 6.45) is 6.47. The number of benzene rings is 1. The van der Waals surface area contributed by atoms with Gasteiger partial charge < -0.3 is 20.2 Å². The first-order valence-corrected chi connectivity index (χ1v) is 8.73. The number of carbonyl (C=O) groups is 1. The number of nitrogens with one attached hydrogen (secondary N) is 2. The van der Waals surface area contributed by atoms with Gasteiger partial charge in [0.1, 0.15) is 0 Å². The minimum Gasteiger partial charge on any atom is -0.423 e. The number of amides is 2. The number of rotatable bonds is 4. The van der Waals surface area contributed by atoms with Crippen LogP contribution in [0.4, 0.5) is 10.5 Å². The highest BCUT2D eigenvalue weighted by Crippen LogP contribution is 2.25. The van der Waals surface area contributed by atoms with Crippen LogP contribution in [0.2, 0.25) is 0 Å². The van der Waals surface area contributed by atoms with E-state index in [2.05, 4.69) is 20.8 Å². The van der Waals surface area contributed by atoms with Gasteiger partial charge in [0.25, 0.3) is 0 Å². The van der Waals surface area contributed by atoms with Crippen LogP contribution in [0.5, 0.6) is 0 Å². The second-order valence-corrected chi connectivity index (χ2v) is 6.56. The summed E-state index contributed by atoms with van der Waals surface area (Å²) < 4.78 is 5.21. The van der Waals surface area contributed by atoms with Crippen LogP contribution in [0.3, 0.4) is 0 Å². The Hall–Kier alpha value is -2.41. The molecule has 1 saturated carbocycles. The Kier molecular flexibility index (Phi) is 5.65. The van der Waals surface area contributed by atoms with Crippen LogP contribution in [0.25, 0.3) is 11.5 Å². The topological polar surface area (TPSA) is 100 Å². The van der Waals surface area contributed by atoms with Gasteiger partial charge in [0.15, 0.2) is 0 Å². The van der Waals surface area contributed by atoms with Crippen molar-refractivity contribution in [3.63, 3.8) is 0 Å². The van der Waals surface area contributed by atoms with Gasteiger partial charge in [-0.15, -0.1) is 10.2 Å². The van der Waals surface area contributed by atoms with E-state index in [9.17, 15) is 9.90 Å². The third-order valence-electron chi connectivity index (χ3n) is 4.80. The minimum atomic E-state index is -0.254. The van der Waals surface area contributed by atoms with Crippen molar-refractivity contribution in [2.45, 2.75) is 45.1 Å². The molecule has 0 bridgehead atoms. The maximum atomic E-state index is 12.4. The van der Waals surface area contributed by atoms with Gasteiger partial charge in [-0.05, 0) is 37.5 Å². The smallest absolute Gasteiger partial charge is 0.319 e. The fraction of sp³-hybridized carbons (Fsp3) is 0.500. The molecule has 1 aromatic heterocycles. The Morgan fingerprint density at radius 2 is 2.16 bits per heavy atom. The summed E-state index contributed by atoms with van der Waals surface area (Å²) in [6.45, 7) is 2.03. The molecule has 1 aromatic carbocycles. The molecule has 2 unspecified atom stereocenters. The first-order valence-electron chi connectivity index (χ1n) is 8.73. The Balaban J connectivity index is 1.69. The number of hydrogen-bond acceptors (Lipinski definition) is 5. The Morgan fingerprint density at radius 1 is 1.32 bits per heavy atom. The molecule has 7 heteroatoms. The molecule has 1 heterocycles. The van der Waals surface area contributed by atoms with Crippen LogP contribution in [0, 0.1) is 12.8 Å². The second-order valence-electron chi connectivity index (χ2n) is 6.56. The molecule has 0 radical (unpaired) electrons. The SMILES string of the molecule is Cc1ccc(-c2nnco2)cc1NC(=O)NC1CCCCCC1CO. The quantitative estimate of drug-likeness (QED) is 0.740. The van der Waals surface area contributed by atoms with E-state index in [0.29, 0.717) is 11.6 Å². The highest BCUT2D eigenvalue weighted by molar-refractivity contribution is 5.91. The molecule has 2 atom stereocenters. The number of nitrogens with zero attached hydrogens (tertiary/aromatic N) is 2. The van der Waals surface area contributed by atoms with Crippen LogP contribution in [-0.2, 0) is 0 Å². The molecule has 134 valence electrons. The van der Waals surface area contributed by atoms with E-state index in [4.69, 9.17) is 4.42 Å². The predicted octanol–water partition coefficient (Wildman–Crippen LogP) is 3.11. The highest BCUT2D eigenvalue weighted by atomic mass is 16.4. The number of aliphatic hydroxyl groups excluding tert-OH is 1. The molecule has 0 spiro atoms. The van der Waals surface area contributed by atoms with Crippen molar-refractivity contribution in [2.24, 2.45) is 5.92 Å². The van der Waals surface area contributed by atoms with Crippen molar-refractivity contribution in [3.8, 4) is 11.5 Å². The standard InChI is InChI=1S/C18H24N4O3/c1-12-7-8-13(17-22-19-11-25-17)9-16(12)21-18(24)20-15-6-4-2-3-5-14(15)10-23/h7-9,11,14-15,23H,2-6,10H2,1H3,(H2,20,21,24). The van der Waals surface area contributed by atoms with Gasteiger partial charge in [0.05, 0.1) is 0 Å². The van der Waals surface area contributed by atoms with Gasteiger partial charge in [-0.2, -0.15) is 0 Å². The van der Waals surface area contributed by atoms with Gasteiger partial charge in [0.2, 0.25) is 12.3 Å². The van der Waals surface area contributed by atoms with Crippen LogP contribution in [0.15, 0.2) is 29.0 Å². The van der Waals surface area contributed by atoms with Crippen LogP contribution < -0.4 is 10.6 Å². The summed E-state index contributed by atoms with van der Waals surface area (Å²) in [6, 6.07) is 5.35. The van der Waals surface area contributed by atoms with Crippen molar-refractivity contribution in [3.05, 3.63) is 30.2 Å². The zero-order valence-electron chi connectivity index (χ0n) is 14.4. The van der Waals surface area contributed by atoms with Crippen LogP contribution >= 0.6 is 0 Å². The Labute approximate surface area is 146 Å². The van der Waals surface area contributed by atoms with Crippen molar-refractivity contribution < 1.29 is 14.3 Å². The average Bonchev–Trinajstić information content (AvgIpc) is 3.05. The van der Waals surface area contributed by atoms with E-state index in [-0.39, 0.29) is 24.6 Å². The lowest BCUT2D eigenvalue weighted by molar-refractivity contribution is 0.182. The number of aliphatic hydroxyl groups is 1. The number of carbonyl (C=O) groups excluding carboxylic acids is 1. The van der Waals surface area contributed by atoms with E-state index >= 15 is 0 Å². The maximum absolute atomic E-state index is 12.4. The Morgan fingerprint density at radius 3 is 2.92 bits per heavy atom. The van der Waals surface area contributed by atoms with E-state index in [1.54, 1.807) is 0 Å². The first-order chi connectivity index (χ1) is 12.2. The van der Waals surface area contributed by atoms with Gasteiger partial charge >= 0.3 is 6.03 Å². The van der Waals surface area contributed by atoms with Crippen molar-refractivity contribution >= 4 is 11.7 Å². The number of hydrogen-bond donors (Lipinski definition) is 3. The summed E-state index contributed by atoms with van der Waals surface area (Å²) in [7, 11) is 0. The number of aryl methyl sites for hydroxylation is 1. The molecule has 0 aliphatic heterocycles. The Bertz CT molecular complexity index is 702. The van der Waals surface area contributed by atoms with Crippen molar-refractivity contribution in [1.29, 1.82) is 0 Å². The van der Waals surface area contributed by atoms with Crippen LogP contribution in [-0.4, -0.2) is 34.0 Å². The molecule has 7 nitrogen and oxygen atoms in total. The van der Waals surface area contributed by atoms with E-state index in [0.717, 1.165) is 43.2 Å². The zero-order valence-corrected chi connectivity index (χ0v) is 14.4. The van der Waals surface area contributed by atoms with Gasteiger partial charge in [-0.3, -0.25) is 0 Å². The molecule has 0 saturated heterocycles. The normalized spacial score (nSPS) is 20.7. The van der Waals surface area contributed by atoms with E-state index < -0.39 is 0 Å². The van der Waals surface area contributed by atoms with E-state index in [1.165, 1.54) is 6.39 Å². The second kappa shape index (κ2) is 8.11. The highest BCUT2D eigenvalue weighted by Gasteiger charge is 2.24. The number of urea groups is 1. The third kappa shape index (κ3) is 4.36. The molecule has 25 heavy (non-hydrogen) atoms. The van der Waals surface area contributed by atoms with Crippen LogP contribution in [0.1, 0.15) is 37.7 Å². The lowest BCUT2D eigenvalue weighted by atomic mass is 9.96. The fourth-order valence-electron chi connectivity index (χ4n) is 3.31. The zero-order chi connectivity index (χ0) is 17.6. The molecule has 2 aromatic rings. The van der Waals surface area contributed by atoms with E-state index in [1.807, 2.05) is 25.1 Å².